The first kappa shape index (κ1) is 25.1. The molecule has 0 spiro atoms. The second kappa shape index (κ2) is 10.4. The van der Waals surface area contributed by atoms with Gasteiger partial charge in [-0.1, -0.05) is 55.8 Å². The number of sulfonamides is 2. The number of rotatable bonds is 10. The third-order valence-electron chi connectivity index (χ3n) is 4.11. The summed E-state index contributed by atoms with van der Waals surface area (Å²) in [4.78, 5) is 12.5. The van der Waals surface area contributed by atoms with Gasteiger partial charge in [-0.15, -0.1) is 0 Å². The summed E-state index contributed by atoms with van der Waals surface area (Å²) in [6, 6.07) is 10.3. The lowest BCUT2D eigenvalue weighted by Crippen LogP contribution is -2.40. The minimum Gasteiger partial charge on any atom is -0.457 e. The maximum absolute atomic E-state index is 14.5. The van der Waals surface area contributed by atoms with Crippen LogP contribution in [0.2, 0.25) is 5.02 Å². The van der Waals surface area contributed by atoms with Crippen LogP contribution in [-0.2, 0) is 31.4 Å². The van der Waals surface area contributed by atoms with E-state index in [9.17, 15) is 26.0 Å². The van der Waals surface area contributed by atoms with E-state index in [0.29, 0.717) is 5.56 Å². The topological polar surface area (TPSA) is 97.8 Å². The van der Waals surface area contributed by atoms with Crippen molar-refractivity contribution in [2.24, 2.45) is 0 Å². The fraction of sp³-hybridized carbons (Fsp3) is 0.350. The number of esters is 1. The second-order valence-corrected chi connectivity index (χ2v) is 11.1. The van der Waals surface area contributed by atoms with Crippen LogP contribution in [0, 0.1) is 5.82 Å². The largest absolute Gasteiger partial charge is 0.457 e. The summed E-state index contributed by atoms with van der Waals surface area (Å²) >= 11 is 6.19. The molecule has 0 fully saturated rings. The molecule has 0 radical (unpaired) electrons. The van der Waals surface area contributed by atoms with Crippen LogP contribution >= 0.6 is 11.6 Å². The van der Waals surface area contributed by atoms with E-state index in [1.54, 1.807) is 44.2 Å². The van der Waals surface area contributed by atoms with E-state index < -0.39 is 59.6 Å². The minimum absolute atomic E-state index is 0.144. The van der Waals surface area contributed by atoms with Crippen molar-refractivity contribution in [3.05, 3.63) is 64.4 Å². The van der Waals surface area contributed by atoms with Crippen LogP contribution in [-0.4, -0.2) is 34.3 Å². The summed E-state index contributed by atoms with van der Waals surface area (Å²) in [5.41, 5.74) is -0.615. The molecular formula is C20H23ClFNO6S2. The Labute approximate surface area is 186 Å². The van der Waals surface area contributed by atoms with Crippen LogP contribution < -0.4 is 3.71 Å². The van der Waals surface area contributed by atoms with Crippen molar-refractivity contribution in [1.82, 2.24) is 0 Å². The van der Waals surface area contributed by atoms with E-state index in [1.807, 2.05) is 0 Å². The van der Waals surface area contributed by atoms with Gasteiger partial charge in [0.05, 0.1) is 22.2 Å². The van der Waals surface area contributed by atoms with E-state index in [4.69, 9.17) is 16.3 Å². The third kappa shape index (κ3) is 5.96. The number of carbonyl (C=O) groups is 1. The van der Waals surface area contributed by atoms with E-state index in [2.05, 4.69) is 0 Å². The molecule has 0 amide bonds. The van der Waals surface area contributed by atoms with Gasteiger partial charge >= 0.3 is 5.97 Å². The molecule has 2 aromatic rings. The maximum Gasteiger partial charge on any atom is 0.343 e. The Morgan fingerprint density at radius 2 is 1.52 bits per heavy atom. The highest BCUT2D eigenvalue weighted by molar-refractivity contribution is 8.10. The lowest BCUT2D eigenvalue weighted by atomic mass is 10.2. The zero-order valence-corrected chi connectivity index (χ0v) is 19.4. The summed E-state index contributed by atoms with van der Waals surface area (Å²) in [7, 11) is -8.70. The molecule has 0 saturated heterocycles. The van der Waals surface area contributed by atoms with Crippen LogP contribution in [0.25, 0.3) is 0 Å². The number of nitrogens with zero attached hydrogens (tertiary/aromatic N) is 1. The van der Waals surface area contributed by atoms with Gasteiger partial charge in [0.2, 0.25) is 20.0 Å². The van der Waals surface area contributed by atoms with Crippen molar-refractivity contribution in [2.75, 3.05) is 15.2 Å². The zero-order valence-electron chi connectivity index (χ0n) is 17.0. The molecule has 0 aliphatic heterocycles. The average molecular weight is 492 g/mol. The smallest absolute Gasteiger partial charge is 0.343 e. The molecular weight excluding hydrogens is 469 g/mol. The van der Waals surface area contributed by atoms with Gasteiger partial charge in [-0.2, -0.15) is 3.71 Å². The molecule has 0 aliphatic rings. The summed E-state index contributed by atoms with van der Waals surface area (Å²) in [6.07, 6.45) is 0.288. The summed E-state index contributed by atoms with van der Waals surface area (Å²) in [5, 5.41) is -0.655. The first-order valence-corrected chi connectivity index (χ1v) is 13.1. The SMILES string of the molecule is CCCS(=O)(=O)N(c1ccc(F)c(C(=O)OCc2ccccc2)c1Cl)S(=O)(=O)CCC. The molecule has 170 valence electrons. The van der Waals surface area contributed by atoms with E-state index in [0.717, 1.165) is 12.1 Å². The Morgan fingerprint density at radius 3 is 2.03 bits per heavy atom. The number of anilines is 1. The Hall–Kier alpha value is -2.17. The quantitative estimate of drug-likeness (QED) is 0.463. The Morgan fingerprint density at radius 1 is 0.968 bits per heavy atom. The lowest BCUT2D eigenvalue weighted by Gasteiger charge is -2.25. The molecule has 2 rings (SSSR count). The van der Waals surface area contributed by atoms with Gasteiger partial charge < -0.3 is 4.74 Å². The van der Waals surface area contributed by atoms with Crippen molar-refractivity contribution < 1.29 is 30.8 Å². The normalized spacial score (nSPS) is 11.9. The summed E-state index contributed by atoms with van der Waals surface area (Å²) in [6.45, 7) is 2.97. The Bertz CT molecular complexity index is 1100. The molecule has 0 aromatic heterocycles. The Kier molecular flexibility index (Phi) is 8.44. The number of ether oxygens (including phenoxy) is 1. The number of hydrogen-bond donors (Lipinski definition) is 0. The average Bonchev–Trinajstić information content (AvgIpc) is 2.69. The molecule has 0 atom stereocenters. The minimum atomic E-state index is -4.35. The van der Waals surface area contributed by atoms with Crippen molar-refractivity contribution in [3.8, 4) is 0 Å². The maximum atomic E-state index is 14.5. The van der Waals surface area contributed by atoms with E-state index >= 15 is 0 Å². The molecule has 0 aliphatic carbocycles. The predicted molar refractivity (Wildman–Crippen MR) is 118 cm³/mol. The Balaban J connectivity index is 2.53. The first-order chi connectivity index (χ1) is 14.5. The second-order valence-electron chi connectivity index (χ2n) is 6.65. The molecule has 0 unspecified atom stereocenters. The number of hydrogen-bond acceptors (Lipinski definition) is 6. The standard InChI is InChI=1S/C20H23ClFNO6S2/c1-3-12-30(25,26)23(31(27,28)13-4-2)17-11-10-16(22)18(19(17)21)20(24)29-14-15-8-6-5-7-9-15/h5-11H,3-4,12-14H2,1-2H3. The fourth-order valence-electron chi connectivity index (χ4n) is 2.82. The molecule has 11 heteroatoms. The highest BCUT2D eigenvalue weighted by Crippen LogP contribution is 2.35. The van der Waals surface area contributed by atoms with Gasteiger partial charge in [0, 0.05) is 0 Å². The van der Waals surface area contributed by atoms with Gasteiger partial charge in [0.15, 0.2) is 0 Å². The van der Waals surface area contributed by atoms with Crippen molar-refractivity contribution in [1.29, 1.82) is 0 Å². The fourth-order valence-corrected chi connectivity index (χ4v) is 7.33. The van der Waals surface area contributed by atoms with Crippen LogP contribution in [0.4, 0.5) is 10.1 Å². The molecule has 0 heterocycles. The van der Waals surface area contributed by atoms with E-state index in [-0.39, 0.29) is 23.2 Å². The lowest BCUT2D eigenvalue weighted by molar-refractivity contribution is 0.0467. The van der Waals surface area contributed by atoms with Crippen molar-refractivity contribution >= 4 is 43.3 Å². The number of benzene rings is 2. The molecule has 0 N–H and O–H groups in total. The van der Waals surface area contributed by atoms with Crippen LogP contribution in [0.5, 0.6) is 0 Å². The van der Waals surface area contributed by atoms with Gasteiger partial charge in [-0.3, -0.25) is 0 Å². The molecule has 31 heavy (non-hydrogen) atoms. The van der Waals surface area contributed by atoms with Crippen molar-refractivity contribution in [2.45, 2.75) is 33.3 Å². The third-order valence-corrected chi connectivity index (χ3v) is 9.11. The number of halogens is 2. The van der Waals surface area contributed by atoms with E-state index in [1.165, 1.54) is 0 Å². The zero-order chi connectivity index (χ0) is 23.2. The molecule has 2 aromatic carbocycles. The van der Waals surface area contributed by atoms with Crippen LogP contribution in [0.1, 0.15) is 42.6 Å². The molecule has 0 bridgehead atoms. The van der Waals surface area contributed by atoms with Gasteiger partial charge in [0.25, 0.3) is 0 Å². The highest BCUT2D eigenvalue weighted by Gasteiger charge is 2.36. The van der Waals surface area contributed by atoms with Crippen molar-refractivity contribution in [3.63, 3.8) is 0 Å². The highest BCUT2D eigenvalue weighted by atomic mass is 35.5. The molecule has 7 nitrogen and oxygen atoms in total. The number of carbonyl (C=O) groups excluding carboxylic acids is 1. The first-order valence-electron chi connectivity index (χ1n) is 9.50. The molecule has 0 saturated carbocycles. The monoisotopic (exact) mass is 491 g/mol. The predicted octanol–water partition coefficient (Wildman–Crippen LogP) is 4.12. The van der Waals surface area contributed by atoms with Gasteiger partial charge in [-0.05, 0) is 30.5 Å². The summed E-state index contributed by atoms with van der Waals surface area (Å²) < 4.78 is 70.8. The summed E-state index contributed by atoms with van der Waals surface area (Å²) in [5.74, 6) is -3.16. The van der Waals surface area contributed by atoms with Gasteiger partial charge in [0.1, 0.15) is 18.0 Å². The van der Waals surface area contributed by atoms with Crippen LogP contribution in [0.3, 0.4) is 0 Å². The van der Waals surface area contributed by atoms with Crippen LogP contribution in [0.15, 0.2) is 42.5 Å². The van der Waals surface area contributed by atoms with Gasteiger partial charge in [-0.25, -0.2) is 26.0 Å².